The fourth-order valence-corrected chi connectivity index (χ4v) is 2.81. The second-order valence-corrected chi connectivity index (χ2v) is 5.78. The minimum absolute atomic E-state index is 0.229. The number of H-pyrrole nitrogens is 1. The number of aromatic nitrogens is 3. The molecule has 2 aromatic carbocycles. The molecule has 0 aliphatic heterocycles. The van der Waals surface area contributed by atoms with Crippen LogP contribution >= 0.6 is 0 Å². The molecule has 0 atom stereocenters. The van der Waals surface area contributed by atoms with E-state index in [1.54, 1.807) is 24.3 Å². The van der Waals surface area contributed by atoms with Crippen molar-refractivity contribution in [2.24, 2.45) is 0 Å². The third-order valence-corrected chi connectivity index (χ3v) is 4.14. The van der Waals surface area contributed by atoms with Crippen LogP contribution in [0.2, 0.25) is 0 Å². The van der Waals surface area contributed by atoms with E-state index in [0.29, 0.717) is 16.9 Å². The first-order chi connectivity index (χ1) is 12.7. The molecule has 0 amide bonds. The number of benzene rings is 2. The predicted octanol–water partition coefficient (Wildman–Crippen LogP) is 3.14. The van der Waals surface area contributed by atoms with Crippen molar-refractivity contribution in [1.82, 2.24) is 14.6 Å². The van der Waals surface area contributed by atoms with E-state index in [1.807, 2.05) is 36.4 Å². The molecule has 4 rings (SSSR count). The van der Waals surface area contributed by atoms with Crippen LogP contribution in [-0.2, 0) is 4.74 Å². The molecule has 0 bridgehead atoms. The minimum Gasteiger partial charge on any atom is -0.465 e. The Hall–Kier alpha value is -3.67. The lowest BCUT2D eigenvalue weighted by molar-refractivity contribution is 0.0601. The van der Waals surface area contributed by atoms with Crippen LogP contribution in [0.3, 0.4) is 0 Å². The maximum atomic E-state index is 12.4. The van der Waals surface area contributed by atoms with Gasteiger partial charge in [-0.05, 0) is 17.7 Å². The molecule has 0 fully saturated rings. The smallest absolute Gasteiger partial charge is 0.337 e. The average molecular weight is 345 g/mol. The molecule has 0 unspecified atom stereocenters. The molecule has 0 spiro atoms. The molecule has 128 valence electrons. The summed E-state index contributed by atoms with van der Waals surface area (Å²) in [7, 11) is 1.34. The largest absolute Gasteiger partial charge is 0.465 e. The van der Waals surface area contributed by atoms with E-state index in [0.717, 1.165) is 16.8 Å². The Labute approximate surface area is 148 Å². The van der Waals surface area contributed by atoms with Crippen molar-refractivity contribution < 1.29 is 9.53 Å². The van der Waals surface area contributed by atoms with E-state index >= 15 is 0 Å². The second-order valence-electron chi connectivity index (χ2n) is 5.78. The van der Waals surface area contributed by atoms with E-state index in [9.17, 15) is 9.59 Å². The number of esters is 1. The number of carbonyl (C=O) groups excluding carboxylic acids is 1. The van der Waals surface area contributed by atoms with Crippen LogP contribution in [0, 0.1) is 0 Å². The highest BCUT2D eigenvalue weighted by Crippen LogP contribution is 2.21. The normalized spacial score (nSPS) is 10.8. The molecule has 6 heteroatoms. The van der Waals surface area contributed by atoms with Crippen molar-refractivity contribution in [2.45, 2.75) is 0 Å². The van der Waals surface area contributed by atoms with Crippen molar-refractivity contribution in [1.29, 1.82) is 0 Å². The lowest BCUT2D eigenvalue weighted by Gasteiger charge is -2.04. The van der Waals surface area contributed by atoms with Gasteiger partial charge >= 0.3 is 5.97 Å². The van der Waals surface area contributed by atoms with Gasteiger partial charge in [-0.25, -0.2) is 4.79 Å². The zero-order valence-corrected chi connectivity index (χ0v) is 14.0. The molecule has 6 nitrogen and oxygen atoms in total. The highest BCUT2D eigenvalue weighted by atomic mass is 16.5. The van der Waals surface area contributed by atoms with E-state index in [2.05, 4.69) is 10.1 Å². The third-order valence-electron chi connectivity index (χ3n) is 4.14. The zero-order valence-electron chi connectivity index (χ0n) is 14.0. The number of rotatable bonds is 3. The van der Waals surface area contributed by atoms with E-state index in [1.165, 1.54) is 17.7 Å². The van der Waals surface area contributed by atoms with Gasteiger partial charge in [-0.2, -0.15) is 9.61 Å². The Morgan fingerprint density at radius 1 is 1.00 bits per heavy atom. The average Bonchev–Trinajstić information content (AvgIpc) is 3.13. The quantitative estimate of drug-likeness (QED) is 0.579. The second kappa shape index (κ2) is 6.33. The zero-order chi connectivity index (χ0) is 18.1. The van der Waals surface area contributed by atoms with Gasteiger partial charge in [0.2, 0.25) is 0 Å². The summed E-state index contributed by atoms with van der Waals surface area (Å²) in [4.78, 5) is 27.2. The van der Waals surface area contributed by atoms with Gasteiger partial charge in [0, 0.05) is 17.7 Å². The van der Waals surface area contributed by atoms with Gasteiger partial charge in [-0.3, -0.25) is 4.79 Å². The molecular weight excluding hydrogens is 330 g/mol. The summed E-state index contributed by atoms with van der Waals surface area (Å²) in [5.74, 6) is -0.399. The van der Waals surface area contributed by atoms with Gasteiger partial charge in [-0.15, -0.1) is 0 Å². The first-order valence-corrected chi connectivity index (χ1v) is 8.03. The Bertz CT molecular complexity index is 1140. The van der Waals surface area contributed by atoms with Gasteiger partial charge in [0.15, 0.2) is 0 Å². The van der Waals surface area contributed by atoms with Crippen LogP contribution < -0.4 is 5.56 Å². The first-order valence-electron chi connectivity index (χ1n) is 8.03. The summed E-state index contributed by atoms with van der Waals surface area (Å²) in [6, 6.07) is 19.9. The van der Waals surface area contributed by atoms with Crippen LogP contribution in [0.5, 0.6) is 0 Å². The summed E-state index contributed by atoms with van der Waals surface area (Å²) < 4.78 is 6.04. The summed E-state index contributed by atoms with van der Waals surface area (Å²) in [6.45, 7) is 0. The van der Waals surface area contributed by atoms with Crippen LogP contribution in [0.25, 0.3) is 28.2 Å². The fourth-order valence-electron chi connectivity index (χ4n) is 2.81. The number of methoxy groups -OCH3 is 1. The van der Waals surface area contributed by atoms with E-state index in [4.69, 9.17) is 4.74 Å². The number of nitrogens with one attached hydrogen (secondary N) is 1. The number of nitrogens with zero attached hydrogens (tertiary/aromatic N) is 2. The molecule has 0 saturated heterocycles. The molecule has 0 saturated carbocycles. The number of fused-ring (bicyclic) bond motifs is 1. The van der Waals surface area contributed by atoms with Crippen molar-refractivity contribution in [3.8, 4) is 22.5 Å². The molecule has 0 aliphatic rings. The topological polar surface area (TPSA) is 76.5 Å². The fraction of sp³-hybridized carbons (Fsp3) is 0.0500. The SMILES string of the molecule is COC(=O)c1ccc(-c2cc(=O)n3nc(-c4ccccc4)cc3[nH]2)cc1. The Kier molecular flexibility index (Phi) is 3.85. The minimum atomic E-state index is -0.399. The number of hydrogen-bond donors (Lipinski definition) is 1. The van der Waals surface area contributed by atoms with Gasteiger partial charge in [0.25, 0.3) is 5.56 Å². The molecule has 0 radical (unpaired) electrons. The lowest BCUT2D eigenvalue weighted by Crippen LogP contribution is -2.14. The summed E-state index contributed by atoms with van der Waals surface area (Å²) >= 11 is 0. The van der Waals surface area contributed by atoms with E-state index in [-0.39, 0.29) is 5.56 Å². The predicted molar refractivity (Wildman–Crippen MR) is 98.0 cm³/mol. The van der Waals surface area contributed by atoms with Crippen molar-refractivity contribution in [3.05, 3.63) is 82.6 Å². The molecule has 4 aromatic rings. The molecule has 2 heterocycles. The van der Waals surface area contributed by atoms with Crippen molar-refractivity contribution >= 4 is 11.6 Å². The van der Waals surface area contributed by atoms with Gasteiger partial charge in [0.05, 0.1) is 24.1 Å². The molecule has 0 aliphatic carbocycles. The van der Waals surface area contributed by atoms with Crippen molar-refractivity contribution in [3.63, 3.8) is 0 Å². The van der Waals surface area contributed by atoms with Gasteiger partial charge < -0.3 is 9.72 Å². The van der Waals surface area contributed by atoms with Gasteiger partial charge in [0.1, 0.15) is 5.65 Å². The summed E-state index contributed by atoms with van der Waals surface area (Å²) in [6.07, 6.45) is 0. The summed E-state index contributed by atoms with van der Waals surface area (Å²) in [5.41, 5.74) is 3.93. The Morgan fingerprint density at radius 2 is 1.73 bits per heavy atom. The maximum Gasteiger partial charge on any atom is 0.337 e. The van der Waals surface area contributed by atoms with Crippen LogP contribution in [0.15, 0.2) is 71.5 Å². The number of carbonyl (C=O) groups is 1. The standard InChI is InChI=1S/C20H15N3O3/c1-26-20(25)15-9-7-14(8-10-15)16-12-19(24)23-18(21-16)11-17(22-23)13-5-3-2-4-6-13/h2-12,21H,1H3. The first kappa shape index (κ1) is 15.8. The molecular formula is C20H15N3O3. The number of ether oxygens (including phenoxy) is 1. The van der Waals surface area contributed by atoms with Crippen LogP contribution in [0.1, 0.15) is 10.4 Å². The molecule has 2 aromatic heterocycles. The summed E-state index contributed by atoms with van der Waals surface area (Å²) in [5, 5.41) is 4.38. The number of aromatic amines is 1. The monoisotopic (exact) mass is 345 g/mol. The maximum absolute atomic E-state index is 12.4. The Morgan fingerprint density at radius 3 is 2.42 bits per heavy atom. The highest BCUT2D eigenvalue weighted by Gasteiger charge is 2.10. The van der Waals surface area contributed by atoms with E-state index < -0.39 is 5.97 Å². The Balaban J connectivity index is 1.77. The van der Waals surface area contributed by atoms with Crippen molar-refractivity contribution in [2.75, 3.05) is 7.11 Å². The van der Waals surface area contributed by atoms with Gasteiger partial charge in [-0.1, -0.05) is 42.5 Å². The lowest BCUT2D eigenvalue weighted by atomic mass is 10.1. The van der Waals surface area contributed by atoms with Crippen LogP contribution in [-0.4, -0.2) is 27.7 Å². The third kappa shape index (κ3) is 2.77. The number of hydrogen-bond acceptors (Lipinski definition) is 4. The van der Waals surface area contributed by atoms with Crippen LogP contribution in [0.4, 0.5) is 0 Å². The highest BCUT2D eigenvalue weighted by molar-refractivity contribution is 5.89. The molecule has 26 heavy (non-hydrogen) atoms. The molecule has 1 N–H and O–H groups in total.